The summed E-state index contributed by atoms with van der Waals surface area (Å²) in [6.45, 7) is 4.85. The molecule has 0 fully saturated rings. The lowest BCUT2D eigenvalue weighted by molar-refractivity contribution is 0.0690. The van der Waals surface area contributed by atoms with Crippen LogP contribution in [-0.4, -0.2) is 34.3 Å². The quantitative estimate of drug-likeness (QED) is 0.643. The van der Waals surface area contributed by atoms with Crippen LogP contribution in [0.4, 0.5) is 0 Å². The first-order valence-electron chi connectivity index (χ1n) is 8.35. The number of ether oxygens (including phenoxy) is 2. The van der Waals surface area contributed by atoms with Crippen molar-refractivity contribution in [2.24, 2.45) is 0 Å². The molecule has 0 aliphatic rings. The molecule has 0 spiro atoms. The number of hydrogen-bond donors (Lipinski definition) is 2. The largest absolute Gasteiger partial charge is 0.490 e. The standard InChI is InChI=1S/C19H18N2O5S/c1-3-25-16-6-5-11(7-17(16)26-4-2)18-21-15(10-27-18)13-8-12(22)9-14(20-13)19(23)24/h5-10H,3-4H2,1-2H3,(H,20,22)(H,23,24). The molecule has 2 aromatic heterocycles. The van der Waals surface area contributed by atoms with Crippen molar-refractivity contribution in [3.8, 4) is 33.5 Å². The van der Waals surface area contributed by atoms with Crippen LogP contribution in [0.5, 0.6) is 11.5 Å². The molecular formula is C19H18N2O5S. The summed E-state index contributed by atoms with van der Waals surface area (Å²) in [5.74, 6) is 0.102. The maximum atomic E-state index is 11.7. The van der Waals surface area contributed by atoms with Crippen LogP contribution in [0.2, 0.25) is 0 Å². The molecule has 1 aromatic carbocycles. The molecule has 2 N–H and O–H groups in total. The van der Waals surface area contributed by atoms with Crippen molar-refractivity contribution in [3.05, 3.63) is 51.6 Å². The zero-order chi connectivity index (χ0) is 19.4. The summed E-state index contributed by atoms with van der Waals surface area (Å²) in [4.78, 5) is 30.1. The number of hydrogen-bond acceptors (Lipinski definition) is 6. The van der Waals surface area contributed by atoms with E-state index in [4.69, 9.17) is 14.6 Å². The third kappa shape index (κ3) is 4.17. The van der Waals surface area contributed by atoms with Gasteiger partial charge in [0, 0.05) is 23.1 Å². The second-order valence-corrected chi connectivity index (χ2v) is 6.37. The maximum absolute atomic E-state index is 11.7. The Labute approximate surface area is 159 Å². The molecule has 0 amide bonds. The summed E-state index contributed by atoms with van der Waals surface area (Å²) >= 11 is 1.39. The molecule has 0 saturated carbocycles. The number of thiazole rings is 1. The minimum atomic E-state index is -1.20. The summed E-state index contributed by atoms with van der Waals surface area (Å²) in [7, 11) is 0. The van der Waals surface area contributed by atoms with Gasteiger partial charge < -0.3 is 19.6 Å². The minimum absolute atomic E-state index is 0.174. The smallest absolute Gasteiger partial charge is 0.352 e. The minimum Gasteiger partial charge on any atom is -0.490 e. The van der Waals surface area contributed by atoms with Gasteiger partial charge in [-0.15, -0.1) is 11.3 Å². The molecule has 140 valence electrons. The van der Waals surface area contributed by atoms with Gasteiger partial charge in [-0.2, -0.15) is 0 Å². The lowest BCUT2D eigenvalue weighted by Crippen LogP contribution is -2.09. The van der Waals surface area contributed by atoms with E-state index in [9.17, 15) is 9.59 Å². The second-order valence-electron chi connectivity index (χ2n) is 5.51. The van der Waals surface area contributed by atoms with E-state index < -0.39 is 11.4 Å². The lowest BCUT2D eigenvalue weighted by atomic mass is 10.2. The Bertz CT molecular complexity index is 1020. The maximum Gasteiger partial charge on any atom is 0.352 e. The average Bonchev–Trinajstić information content (AvgIpc) is 3.13. The van der Waals surface area contributed by atoms with Gasteiger partial charge in [-0.3, -0.25) is 4.79 Å². The number of aromatic amines is 1. The zero-order valence-electron chi connectivity index (χ0n) is 14.8. The number of aromatic nitrogens is 2. The molecule has 0 aliphatic heterocycles. The fraction of sp³-hybridized carbons (Fsp3) is 0.211. The number of nitrogens with zero attached hydrogens (tertiary/aromatic N) is 1. The van der Waals surface area contributed by atoms with Crippen molar-refractivity contribution in [1.29, 1.82) is 0 Å². The third-order valence-corrected chi connectivity index (χ3v) is 4.53. The van der Waals surface area contributed by atoms with E-state index >= 15 is 0 Å². The van der Waals surface area contributed by atoms with Crippen LogP contribution >= 0.6 is 11.3 Å². The molecule has 0 atom stereocenters. The van der Waals surface area contributed by atoms with Crippen molar-refractivity contribution in [2.75, 3.05) is 13.2 Å². The first-order chi connectivity index (χ1) is 13.0. The van der Waals surface area contributed by atoms with Gasteiger partial charge in [-0.05, 0) is 32.0 Å². The fourth-order valence-electron chi connectivity index (χ4n) is 2.51. The normalized spacial score (nSPS) is 10.6. The van der Waals surface area contributed by atoms with Crippen molar-refractivity contribution >= 4 is 17.3 Å². The van der Waals surface area contributed by atoms with Crippen molar-refractivity contribution in [3.63, 3.8) is 0 Å². The Morgan fingerprint density at radius 3 is 2.59 bits per heavy atom. The Balaban J connectivity index is 1.98. The number of pyridine rings is 1. The van der Waals surface area contributed by atoms with Gasteiger partial charge in [-0.1, -0.05) is 0 Å². The molecule has 0 saturated heterocycles. The number of nitrogens with one attached hydrogen (secondary N) is 1. The Hall–Kier alpha value is -3.13. The van der Waals surface area contributed by atoms with Gasteiger partial charge in [0.05, 0.1) is 24.6 Å². The van der Waals surface area contributed by atoms with E-state index in [-0.39, 0.29) is 5.69 Å². The van der Waals surface area contributed by atoms with Crippen molar-refractivity contribution in [2.45, 2.75) is 13.8 Å². The molecule has 7 nitrogen and oxygen atoms in total. The number of H-pyrrole nitrogens is 1. The molecule has 3 rings (SSSR count). The summed E-state index contributed by atoms with van der Waals surface area (Å²) in [5, 5.41) is 11.6. The van der Waals surface area contributed by atoms with Gasteiger partial charge in [0.15, 0.2) is 16.9 Å². The topological polar surface area (TPSA) is 102 Å². The summed E-state index contributed by atoms with van der Waals surface area (Å²) in [6, 6.07) is 7.94. The summed E-state index contributed by atoms with van der Waals surface area (Å²) in [6.07, 6.45) is 0. The Morgan fingerprint density at radius 2 is 1.89 bits per heavy atom. The predicted octanol–water partition coefficient (Wildman–Crippen LogP) is 3.66. The van der Waals surface area contributed by atoms with E-state index in [1.807, 2.05) is 32.0 Å². The number of benzene rings is 1. The molecule has 3 aromatic rings. The molecule has 0 unspecified atom stereocenters. The van der Waals surface area contributed by atoms with Crippen LogP contribution < -0.4 is 14.9 Å². The molecule has 27 heavy (non-hydrogen) atoms. The number of carbonyl (C=O) groups is 1. The second kappa shape index (κ2) is 8.05. The fourth-order valence-corrected chi connectivity index (χ4v) is 3.33. The van der Waals surface area contributed by atoms with Gasteiger partial charge in [0.2, 0.25) is 0 Å². The van der Waals surface area contributed by atoms with Crippen LogP contribution in [0.15, 0.2) is 40.5 Å². The van der Waals surface area contributed by atoms with E-state index in [0.29, 0.717) is 36.1 Å². The molecule has 0 radical (unpaired) electrons. The number of aromatic carboxylic acids is 1. The molecule has 2 heterocycles. The van der Waals surface area contributed by atoms with Crippen molar-refractivity contribution in [1.82, 2.24) is 9.97 Å². The highest BCUT2D eigenvalue weighted by atomic mass is 32.1. The molecule has 0 aliphatic carbocycles. The highest BCUT2D eigenvalue weighted by Gasteiger charge is 2.13. The van der Waals surface area contributed by atoms with Gasteiger partial charge in [-0.25, -0.2) is 9.78 Å². The zero-order valence-corrected chi connectivity index (χ0v) is 15.6. The van der Waals surface area contributed by atoms with Gasteiger partial charge >= 0.3 is 5.97 Å². The monoisotopic (exact) mass is 386 g/mol. The summed E-state index contributed by atoms with van der Waals surface area (Å²) in [5.41, 5.74) is 1.14. The van der Waals surface area contributed by atoms with Crippen LogP contribution in [0.25, 0.3) is 22.0 Å². The van der Waals surface area contributed by atoms with Crippen LogP contribution in [0.3, 0.4) is 0 Å². The van der Waals surface area contributed by atoms with E-state index in [2.05, 4.69) is 9.97 Å². The number of rotatable bonds is 7. The highest BCUT2D eigenvalue weighted by molar-refractivity contribution is 7.13. The first kappa shape index (κ1) is 18.7. The Morgan fingerprint density at radius 1 is 1.15 bits per heavy atom. The molecule has 8 heteroatoms. The van der Waals surface area contributed by atoms with E-state index in [1.165, 1.54) is 17.4 Å². The van der Waals surface area contributed by atoms with Crippen molar-refractivity contribution < 1.29 is 19.4 Å². The third-order valence-electron chi connectivity index (χ3n) is 3.64. The summed E-state index contributed by atoms with van der Waals surface area (Å²) < 4.78 is 11.2. The lowest BCUT2D eigenvalue weighted by Gasteiger charge is -2.11. The molecular weight excluding hydrogens is 368 g/mol. The first-order valence-corrected chi connectivity index (χ1v) is 9.23. The Kier molecular flexibility index (Phi) is 5.56. The van der Waals surface area contributed by atoms with E-state index in [1.54, 1.807) is 5.38 Å². The number of carboxylic acids is 1. The highest BCUT2D eigenvalue weighted by Crippen LogP contribution is 2.35. The molecule has 0 bridgehead atoms. The van der Waals surface area contributed by atoms with Gasteiger partial charge in [0.1, 0.15) is 10.7 Å². The van der Waals surface area contributed by atoms with Crippen LogP contribution in [0.1, 0.15) is 24.3 Å². The predicted molar refractivity (Wildman–Crippen MR) is 103 cm³/mol. The SMILES string of the molecule is CCOc1ccc(-c2nc(-c3cc(=O)cc(C(=O)O)[nH]3)cs2)cc1OCC. The average molecular weight is 386 g/mol. The van der Waals surface area contributed by atoms with Crippen LogP contribution in [0, 0.1) is 0 Å². The van der Waals surface area contributed by atoms with Gasteiger partial charge in [0.25, 0.3) is 0 Å². The van der Waals surface area contributed by atoms with E-state index in [0.717, 1.165) is 16.6 Å². The van der Waals surface area contributed by atoms with Crippen LogP contribution in [-0.2, 0) is 0 Å². The number of carboxylic acid groups (broad SMARTS) is 1.